The van der Waals surface area contributed by atoms with E-state index in [0.717, 1.165) is 25.1 Å². The summed E-state index contributed by atoms with van der Waals surface area (Å²) in [6, 6.07) is 9.26. The average Bonchev–Trinajstić information content (AvgIpc) is 2.70. The first-order valence-corrected chi connectivity index (χ1v) is 7.76. The highest BCUT2D eigenvalue weighted by Crippen LogP contribution is 2.41. The van der Waals surface area contributed by atoms with Gasteiger partial charge in [-0.1, -0.05) is 18.2 Å². The lowest BCUT2D eigenvalue weighted by molar-refractivity contribution is -0.138. The minimum absolute atomic E-state index is 0.329. The number of hydrogen-bond acceptors (Lipinski definition) is 3. The third-order valence-corrected chi connectivity index (χ3v) is 4.99. The molecule has 2 fully saturated rings. The Kier molecular flexibility index (Phi) is 4.15. The van der Waals surface area contributed by atoms with Gasteiger partial charge >= 0.3 is 5.97 Å². The Morgan fingerprint density at radius 2 is 1.95 bits per heavy atom. The summed E-state index contributed by atoms with van der Waals surface area (Å²) in [5, 5.41) is 9.00. The van der Waals surface area contributed by atoms with Gasteiger partial charge in [-0.3, -0.25) is 9.69 Å². The predicted molar refractivity (Wildman–Crippen MR) is 80.3 cm³/mol. The molecule has 2 atom stereocenters. The molecule has 2 unspecified atom stereocenters. The average molecular weight is 289 g/mol. The molecular formula is C17H23NO3. The van der Waals surface area contributed by atoms with Gasteiger partial charge < -0.3 is 9.84 Å². The molecule has 2 aliphatic heterocycles. The van der Waals surface area contributed by atoms with Crippen molar-refractivity contribution in [2.45, 2.75) is 50.7 Å². The molecule has 21 heavy (non-hydrogen) atoms. The van der Waals surface area contributed by atoms with Crippen molar-refractivity contribution >= 4 is 5.97 Å². The molecule has 1 N–H and O–H groups in total. The van der Waals surface area contributed by atoms with E-state index >= 15 is 0 Å². The lowest BCUT2D eigenvalue weighted by Crippen LogP contribution is -2.42. The SMILES string of the molecule is COc1ccccc1CN1C2CCC1CC(CC(=O)O)C2. The molecule has 0 amide bonds. The maximum absolute atomic E-state index is 10.9. The standard InChI is InChI=1S/C17H23NO3/c1-21-16-5-3-2-4-13(16)11-18-14-6-7-15(18)9-12(8-14)10-17(19)20/h2-5,12,14-15H,6-11H2,1H3,(H,19,20). The zero-order valence-electron chi connectivity index (χ0n) is 12.5. The third kappa shape index (κ3) is 3.05. The van der Waals surface area contributed by atoms with Crippen molar-refractivity contribution in [3.05, 3.63) is 29.8 Å². The zero-order chi connectivity index (χ0) is 14.8. The van der Waals surface area contributed by atoms with E-state index in [1.807, 2.05) is 12.1 Å². The summed E-state index contributed by atoms with van der Waals surface area (Å²) in [6.07, 6.45) is 4.79. The molecule has 114 valence electrons. The van der Waals surface area contributed by atoms with Crippen LogP contribution < -0.4 is 4.74 Å². The quantitative estimate of drug-likeness (QED) is 0.905. The number of fused-ring (bicyclic) bond motifs is 2. The molecule has 3 rings (SSSR count). The van der Waals surface area contributed by atoms with Crippen LogP contribution in [-0.2, 0) is 11.3 Å². The largest absolute Gasteiger partial charge is 0.496 e. The van der Waals surface area contributed by atoms with Crippen LogP contribution in [0.15, 0.2) is 24.3 Å². The van der Waals surface area contributed by atoms with Gasteiger partial charge in [0.1, 0.15) is 5.75 Å². The fraction of sp³-hybridized carbons (Fsp3) is 0.588. The summed E-state index contributed by atoms with van der Waals surface area (Å²) in [7, 11) is 1.71. The van der Waals surface area contributed by atoms with Crippen molar-refractivity contribution in [2.24, 2.45) is 5.92 Å². The minimum atomic E-state index is -0.655. The number of hydrogen-bond donors (Lipinski definition) is 1. The number of piperidine rings is 1. The lowest BCUT2D eigenvalue weighted by Gasteiger charge is -2.38. The predicted octanol–water partition coefficient (Wildman–Crippen LogP) is 2.91. The summed E-state index contributed by atoms with van der Waals surface area (Å²) in [5.41, 5.74) is 1.23. The first kappa shape index (κ1) is 14.4. The van der Waals surface area contributed by atoms with E-state index in [9.17, 15) is 4.79 Å². The molecule has 1 aromatic carbocycles. The number of carboxylic acid groups (broad SMARTS) is 1. The van der Waals surface area contributed by atoms with E-state index in [4.69, 9.17) is 9.84 Å². The number of para-hydroxylation sites is 1. The molecule has 1 aromatic rings. The monoisotopic (exact) mass is 289 g/mol. The molecular weight excluding hydrogens is 266 g/mol. The second kappa shape index (κ2) is 6.06. The first-order chi connectivity index (χ1) is 10.2. The van der Waals surface area contributed by atoms with Crippen LogP contribution in [0.5, 0.6) is 5.75 Å². The van der Waals surface area contributed by atoms with Crippen LogP contribution in [-0.4, -0.2) is 35.2 Å². The van der Waals surface area contributed by atoms with Gasteiger partial charge in [-0.05, 0) is 37.7 Å². The van der Waals surface area contributed by atoms with Crippen molar-refractivity contribution in [1.29, 1.82) is 0 Å². The molecule has 0 aliphatic carbocycles. The highest BCUT2D eigenvalue weighted by atomic mass is 16.5. The number of benzene rings is 1. The molecule has 2 bridgehead atoms. The summed E-state index contributed by atoms with van der Waals surface area (Å²) in [4.78, 5) is 13.5. The summed E-state index contributed by atoms with van der Waals surface area (Å²) < 4.78 is 5.45. The van der Waals surface area contributed by atoms with Crippen molar-refractivity contribution < 1.29 is 14.6 Å². The van der Waals surface area contributed by atoms with Crippen LogP contribution in [0.1, 0.15) is 37.7 Å². The lowest BCUT2D eigenvalue weighted by atomic mass is 9.88. The molecule has 2 heterocycles. The Balaban J connectivity index is 1.69. The van der Waals surface area contributed by atoms with E-state index in [-0.39, 0.29) is 0 Å². The Morgan fingerprint density at radius 1 is 1.29 bits per heavy atom. The number of rotatable bonds is 5. The molecule has 4 heteroatoms. The number of methoxy groups -OCH3 is 1. The highest BCUT2D eigenvalue weighted by Gasteiger charge is 2.41. The van der Waals surface area contributed by atoms with Gasteiger partial charge in [0.15, 0.2) is 0 Å². The number of aliphatic carboxylic acids is 1. The summed E-state index contributed by atoms with van der Waals surface area (Å²) >= 11 is 0. The van der Waals surface area contributed by atoms with Crippen LogP contribution in [0.2, 0.25) is 0 Å². The Morgan fingerprint density at radius 3 is 2.57 bits per heavy atom. The zero-order valence-corrected chi connectivity index (χ0v) is 12.5. The maximum Gasteiger partial charge on any atom is 0.303 e. The summed E-state index contributed by atoms with van der Waals surface area (Å²) in [5.74, 6) is 0.649. The van der Waals surface area contributed by atoms with E-state index in [1.165, 1.54) is 18.4 Å². The number of carbonyl (C=O) groups is 1. The third-order valence-electron chi connectivity index (χ3n) is 4.99. The fourth-order valence-electron chi connectivity index (χ4n) is 4.09. The first-order valence-electron chi connectivity index (χ1n) is 7.76. The maximum atomic E-state index is 10.9. The van der Waals surface area contributed by atoms with E-state index in [2.05, 4.69) is 17.0 Å². The highest BCUT2D eigenvalue weighted by molar-refractivity contribution is 5.67. The van der Waals surface area contributed by atoms with E-state index in [1.54, 1.807) is 7.11 Å². The van der Waals surface area contributed by atoms with Crippen LogP contribution in [0, 0.1) is 5.92 Å². The van der Waals surface area contributed by atoms with Crippen molar-refractivity contribution in [3.63, 3.8) is 0 Å². The van der Waals surface area contributed by atoms with Gasteiger partial charge in [0.05, 0.1) is 7.11 Å². The van der Waals surface area contributed by atoms with Crippen molar-refractivity contribution in [3.8, 4) is 5.75 Å². The molecule has 0 aromatic heterocycles. The smallest absolute Gasteiger partial charge is 0.303 e. The fourth-order valence-corrected chi connectivity index (χ4v) is 4.09. The van der Waals surface area contributed by atoms with Gasteiger partial charge in [0.25, 0.3) is 0 Å². The second-order valence-corrected chi connectivity index (χ2v) is 6.30. The van der Waals surface area contributed by atoms with Crippen LogP contribution in [0.4, 0.5) is 0 Å². The summed E-state index contributed by atoms with van der Waals surface area (Å²) in [6.45, 7) is 0.916. The molecule has 4 nitrogen and oxygen atoms in total. The Labute approximate surface area is 125 Å². The topological polar surface area (TPSA) is 49.8 Å². The molecule has 0 radical (unpaired) electrons. The number of ether oxygens (including phenoxy) is 1. The second-order valence-electron chi connectivity index (χ2n) is 6.30. The van der Waals surface area contributed by atoms with Crippen LogP contribution in [0.25, 0.3) is 0 Å². The molecule has 0 spiro atoms. The van der Waals surface area contributed by atoms with E-state index in [0.29, 0.717) is 24.4 Å². The number of nitrogens with zero attached hydrogens (tertiary/aromatic N) is 1. The van der Waals surface area contributed by atoms with Gasteiger partial charge in [-0.15, -0.1) is 0 Å². The molecule has 2 saturated heterocycles. The van der Waals surface area contributed by atoms with Gasteiger partial charge in [-0.2, -0.15) is 0 Å². The van der Waals surface area contributed by atoms with Gasteiger partial charge in [0, 0.05) is 30.6 Å². The Hall–Kier alpha value is -1.55. The number of carboxylic acids is 1. The normalized spacial score (nSPS) is 28.5. The van der Waals surface area contributed by atoms with Crippen LogP contribution in [0.3, 0.4) is 0 Å². The van der Waals surface area contributed by atoms with Gasteiger partial charge in [0.2, 0.25) is 0 Å². The Bertz CT molecular complexity index is 503. The van der Waals surface area contributed by atoms with Crippen molar-refractivity contribution in [2.75, 3.05) is 7.11 Å². The van der Waals surface area contributed by atoms with Gasteiger partial charge in [-0.25, -0.2) is 0 Å². The minimum Gasteiger partial charge on any atom is -0.496 e. The molecule has 0 saturated carbocycles. The van der Waals surface area contributed by atoms with E-state index < -0.39 is 5.97 Å². The van der Waals surface area contributed by atoms with Crippen molar-refractivity contribution in [1.82, 2.24) is 4.90 Å². The van der Waals surface area contributed by atoms with Crippen LogP contribution >= 0.6 is 0 Å². The molecule has 2 aliphatic rings.